The normalized spacial score (nSPS) is 22.0. The van der Waals surface area contributed by atoms with E-state index in [-0.39, 0.29) is 18.0 Å². The second-order valence-corrected chi connectivity index (χ2v) is 5.46. The Kier molecular flexibility index (Phi) is 5.42. The molecule has 5 heteroatoms. The van der Waals surface area contributed by atoms with E-state index in [4.69, 9.17) is 4.74 Å². The predicted octanol–water partition coefficient (Wildman–Crippen LogP) is 3.18. The highest BCUT2D eigenvalue weighted by atomic mass is 19.1. The van der Waals surface area contributed by atoms with E-state index in [9.17, 15) is 9.18 Å². The van der Waals surface area contributed by atoms with Gasteiger partial charge in [-0.3, -0.25) is 0 Å². The fourth-order valence-corrected chi connectivity index (χ4v) is 2.83. The summed E-state index contributed by atoms with van der Waals surface area (Å²) >= 11 is 0. The van der Waals surface area contributed by atoms with Crippen molar-refractivity contribution >= 4 is 11.8 Å². The van der Waals surface area contributed by atoms with Crippen LogP contribution in [0.5, 0.6) is 0 Å². The molecule has 1 aromatic rings. The van der Waals surface area contributed by atoms with Crippen molar-refractivity contribution in [3.8, 4) is 0 Å². The van der Waals surface area contributed by atoms with Gasteiger partial charge in [0.25, 0.3) is 0 Å². The molecule has 1 aromatic carbocycles. The van der Waals surface area contributed by atoms with Crippen LogP contribution >= 0.6 is 0 Å². The Hall–Kier alpha value is -1.78. The number of anilines is 1. The van der Waals surface area contributed by atoms with E-state index >= 15 is 0 Å². The lowest BCUT2D eigenvalue weighted by atomic mass is 9.92. The third-order valence-corrected chi connectivity index (χ3v) is 3.89. The van der Waals surface area contributed by atoms with Gasteiger partial charge in [-0.05, 0) is 37.5 Å². The average Bonchev–Trinajstić information content (AvgIpc) is 2.47. The molecule has 0 saturated carbocycles. The molecular formula is C16H23FN2O2. The molecule has 1 heterocycles. The number of carbonyl (C=O) groups is 1. The highest BCUT2D eigenvalue weighted by Crippen LogP contribution is 2.25. The summed E-state index contributed by atoms with van der Waals surface area (Å²) in [5.74, 6) is 0.245. The van der Waals surface area contributed by atoms with Gasteiger partial charge in [0.05, 0.1) is 12.6 Å². The number of carbonyl (C=O) groups excluding carboxylic acids is 1. The Bertz CT molecular complexity index is 481. The zero-order valence-corrected chi connectivity index (χ0v) is 12.6. The Balaban J connectivity index is 2.06. The maximum Gasteiger partial charge on any atom is 0.407 e. The van der Waals surface area contributed by atoms with Crippen LogP contribution in [0.15, 0.2) is 24.3 Å². The minimum Gasteiger partial charge on any atom is -0.450 e. The number of nitrogens with one attached hydrogen (secondary N) is 1. The molecule has 2 atom stereocenters. The van der Waals surface area contributed by atoms with Gasteiger partial charge in [0.15, 0.2) is 0 Å². The van der Waals surface area contributed by atoms with Crippen molar-refractivity contribution in [1.29, 1.82) is 0 Å². The Morgan fingerprint density at radius 3 is 2.90 bits per heavy atom. The SMILES string of the molecule is CCOC(=O)NC1CC(CC)CN(c2cccc(F)c2)C1. The molecule has 116 valence electrons. The molecule has 4 nitrogen and oxygen atoms in total. The maximum atomic E-state index is 13.4. The molecule has 0 aliphatic carbocycles. The van der Waals surface area contributed by atoms with Crippen LogP contribution in [0.25, 0.3) is 0 Å². The van der Waals surface area contributed by atoms with Crippen molar-refractivity contribution in [2.45, 2.75) is 32.7 Å². The van der Waals surface area contributed by atoms with Crippen molar-refractivity contribution in [2.75, 3.05) is 24.6 Å². The highest BCUT2D eigenvalue weighted by Gasteiger charge is 2.28. The van der Waals surface area contributed by atoms with Crippen molar-refractivity contribution in [1.82, 2.24) is 5.32 Å². The number of halogens is 1. The fraction of sp³-hybridized carbons (Fsp3) is 0.562. The van der Waals surface area contributed by atoms with Crippen LogP contribution in [0.2, 0.25) is 0 Å². The molecule has 1 N–H and O–H groups in total. The third kappa shape index (κ3) is 4.34. The smallest absolute Gasteiger partial charge is 0.407 e. The number of benzene rings is 1. The number of amides is 1. The van der Waals surface area contributed by atoms with Gasteiger partial charge in [-0.15, -0.1) is 0 Å². The van der Waals surface area contributed by atoms with Gasteiger partial charge >= 0.3 is 6.09 Å². The van der Waals surface area contributed by atoms with E-state index in [1.807, 2.05) is 6.07 Å². The van der Waals surface area contributed by atoms with E-state index in [1.54, 1.807) is 19.1 Å². The summed E-state index contributed by atoms with van der Waals surface area (Å²) in [4.78, 5) is 13.7. The molecule has 0 spiro atoms. The van der Waals surface area contributed by atoms with E-state index in [2.05, 4.69) is 17.1 Å². The highest BCUT2D eigenvalue weighted by molar-refractivity contribution is 5.67. The summed E-state index contributed by atoms with van der Waals surface area (Å²) in [6.45, 7) is 5.86. The molecule has 0 aromatic heterocycles. The largest absolute Gasteiger partial charge is 0.450 e. The Labute approximate surface area is 125 Å². The van der Waals surface area contributed by atoms with Crippen LogP contribution in [0.4, 0.5) is 14.9 Å². The lowest BCUT2D eigenvalue weighted by Crippen LogP contribution is -2.51. The topological polar surface area (TPSA) is 41.6 Å². The quantitative estimate of drug-likeness (QED) is 0.927. The monoisotopic (exact) mass is 294 g/mol. The molecule has 2 rings (SSSR count). The fourth-order valence-electron chi connectivity index (χ4n) is 2.83. The first-order valence-corrected chi connectivity index (χ1v) is 7.56. The summed E-state index contributed by atoms with van der Waals surface area (Å²) in [6.07, 6.45) is 1.59. The number of hydrogen-bond donors (Lipinski definition) is 1. The van der Waals surface area contributed by atoms with Gasteiger partial charge < -0.3 is 15.0 Å². The second kappa shape index (κ2) is 7.29. The molecule has 2 unspecified atom stereocenters. The lowest BCUT2D eigenvalue weighted by molar-refractivity contribution is 0.144. The summed E-state index contributed by atoms with van der Waals surface area (Å²) in [5, 5.41) is 2.90. The van der Waals surface area contributed by atoms with Gasteiger partial charge in [0.1, 0.15) is 5.82 Å². The number of ether oxygens (including phenoxy) is 1. The van der Waals surface area contributed by atoms with Crippen LogP contribution < -0.4 is 10.2 Å². The molecule has 1 aliphatic rings. The summed E-state index contributed by atoms with van der Waals surface area (Å²) < 4.78 is 18.3. The Morgan fingerprint density at radius 1 is 1.43 bits per heavy atom. The molecule has 21 heavy (non-hydrogen) atoms. The number of hydrogen-bond acceptors (Lipinski definition) is 3. The molecule has 1 saturated heterocycles. The maximum absolute atomic E-state index is 13.4. The van der Waals surface area contributed by atoms with Crippen molar-refractivity contribution < 1.29 is 13.9 Å². The van der Waals surface area contributed by atoms with Crippen LogP contribution in [0.3, 0.4) is 0 Å². The second-order valence-electron chi connectivity index (χ2n) is 5.46. The molecule has 0 radical (unpaired) electrons. The van der Waals surface area contributed by atoms with Crippen molar-refractivity contribution in [3.63, 3.8) is 0 Å². The first kappa shape index (κ1) is 15.6. The standard InChI is InChI=1S/C16H23FN2O2/c1-3-12-8-14(18-16(20)21-4-2)11-19(10-12)15-7-5-6-13(17)9-15/h5-7,9,12,14H,3-4,8,10-11H2,1-2H3,(H,18,20). The van der Waals surface area contributed by atoms with Crippen LogP contribution in [-0.4, -0.2) is 31.8 Å². The van der Waals surface area contributed by atoms with Gasteiger partial charge in [0, 0.05) is 18.8 Å². The molecule has 1 fully saturated rings. The van der Waals surface area contributed by atoms with Crippen LogP contribution in [0, 0.1) is 11.7 Å². The Morgan fingerprint density at radius 2 is 2.24 bits per heavy atom. The third-order valence-electron chi connectivity index (χ3n) is 3.89. The summed E-state index contributed by atoms with van der Waals surface area (Å²) in [6, 6.07) is 6.64. The zero-order valence-electron chi connectivity index (χ0n) is 12.6. The van der Waals surface area contributed by atoms with E-state index in [1.165, 1.54) is 6.07 Å². The van der Waals surface area contributed by atoms with E-state index in [0.29, 0.717) is 19.1 Å². The van der Waals surface area contributed by atoms with E-state index in [0.717, 1.165) is 25.1 Å². The van der Waals surface area contributed by atoms with E-state index < -0.39 is 0 Å². The lowest BCUT2D eigenvalue weighted by Gasteiger charge is -2.39. The van der Waals surface area contributed by atoms with Gasteiger partial charge in [-0.2, -0.15) is 0 Å². The van der Waals surface area contributed by atoms with Gasteiger partial charge in [-0.25, -0.2) is 9.18 Å². The van der Waals surface area contributed by atoms with Crippen molar-refractivity contribution in [3.05, 3.63) is 30.1 Å². The molecule has 1 aliphatic heterocycles. The number of alkyl carbamates (subject to hydrolysis) is 1. The number of rotatable bonds is 4. The summed E-state index contributed by atoms with van der Waals surface area (Å²) in [7, 11) is 0. The van der Waals surface area contributed by atoms with Gasteiger partial charge in [-0.1, -0.05) is 19.4 Å². The van der Waals surface area contributed by atoms with Crippen LogP contribution in [0.1, 0.15) is 26.7 Å². The minimum absolute atomic E-state index is 0.0333. The number of piperidine rings is 1. The number of nitrogens with zero attached hydrogens (tertiary/aromatic N) is 1. The average molecular weight is 294 g/mol. The predicted molar refractivity (Wildman–Crippen MR) is 81.0 cm³/mol. The van der Waals surface area contributed by atoms with Crippen LogP contribution in [-0.2, 0) is 4.74 Å². The molecule has 1 amide bonds. The minimum atomic E-state index is -0.376. The molecular weight excluding hydrogens is 271 g/mol. The zero-order chi connectivity index (χ0) is 15.2. The first-order chi connectivity index (χ1) is 10.1. The first-order valence-electron chi connectivity index (χ1n) is 7.56. The van der Waals surface area contributed by atoms with Gasteiger partial charge in [0.2, 0.25) is 0 Å². The summed E-state index contributed by atoms with van der Waals surface area (Å²) in [5.41, 5.74) is 0.865. The van der Waals surface area contributed by atoms with Crippen molar-refractivity contribution in [2.24, 2.45) is 5.92 Å². The molecule has 0 bridgehead atoms.